The van der Waals surface area contributed by atoms with Gasteiger partial charge in [0.05, 0.1) is 49.0 Å². The van der Waals surface area contributed by atoms with Gasteiger partial charge in [0, 0.05) is 11.6 Å². The normalized spacial score (nSPS) is 19.0. The van der Waals surface area contributed by atoms with Crippen molar-refractivity contribution in [2.45, 2.75) is 51.0 Å². The number of imidazole rings is 1. The van der Waals surface area contributed by atoms with Gasteiger partial charge < -0.3 is 14.9 Å². The van der Waals surface area contributed by atoms with Gasteiger partial charge in [0.2, 0.25) is 0 Å². The molecule has 1 heterocycles. The first-order chi connectivity index (χ1) is 14.5. The predicted octanol–water partition coefficient (Wildman–Crippen LogP) is 2.70. The molecule has 0 bridgehead atoms. The number of rotatable bonds is 5. The molecule has 3 aromatic rings. The second-order valence-electron chi connectivity index (χ2n) is 7.82. The highest BCUT2D eigenvalue weighted by Crippen LogP contribution is 2.31. The summed E-state index contributed by atoms with van der Waals surface area (Å²) in [6.07, 6.45) is 2.55. The predicted molar refractivity (Wildman–Crippen MR) is 112 cm³/mol. The van der Waals surface area contributed by atoms with Crippen molar-refractivity contribution in [3.8, 4) is 11.8 Å². The topological polar surface area (TPSA) is 100 Å². The Morgan fingerprint density at radius 2 is 1.90 bits per heavy atom. The number of aliphatic hydroxyl groups excluding tert-OH is 2. The minimum atomic E-state index is -0.299. The van der Waals surface area contributed by atoms with E-state index in [9.17, 15) is 20.3 Å². The Balaban J connectivity index is 1.82. The number of ether oxygens (including phenoxy) is 1. The van der Waals surface area contributed by atoms with E-state index in [0.717, 1.165) is 23.9 Å². The molecule has 30 heavy (non-hydrogen) atoms. The molecule has 7 heteroatoms. The number of aliphatic hydroxyl groups is 2. The third-order valence-corrected chi connectivity index (χ3v) is 5.98. The first kappa shape index (κ1) is 20.2. The fourth-order valence-electron chi connectivity index (χ4n) is 4.41. The zero-order valence-corrected chi connectivity index (χ0v) is 16.9. The van der Waals surface area contributed by atoms with E-state index in [4.69, 9.17) is 4.74 Å². The maximum atomic E-state index is 13.5. The van der Waals surface area contributed by atoms with Gasteiger partial charge in [0.15, 0.2) is 0 Å². The molecule has 0 unspecified atom stereocenters. The SMILES string of the molecule is COc1ccc(Cn2c(=O)n(C3CCC(O)CC3)c3ccc(C#N)cc32)cc1CO. The highest BCUT2D eigenvalue weighted by molar-refractivity contribution is 5.78. The summed E-state index contributed by atoms with van der Waals surface area (Å²) in [5, 5.41) is 28.8. The Hall–Kier alpha value is -3.08. The Kier molecular flexibility index (Phi) is 5.62. The summed E-state index contributed by atoms with van der Waals surface area (Å²) in [6, 6.07) is 13.0. The summed E-state index contributed by atoms with van der Waals surface area (Å²) >= 11 is 0. The van der Waals surface area contributed by atoms with Crippen LogP contribution in [0, 0.1) is 11.3 Å². The van der Waals surface area contributed by atoms with Crippen molar-refractivity contribution in [3.63, 3.8) is 0 Å². The molecule has 0 saturated heterocycles. The number of benzene rings is 2. The number of hydrogen-bond acceptors (Lipinski definition) is 5. The van der Waals surface area contributed by atoms with E-state index in [0.29, 0.717) is 41.8 Å². The fraction of sp³-hybridized carbons (Fsp3) is 0.391. The lowest BCUT2D eigenvalue weighted by Crippen LogP contribution is -2.31. The van der Waals surface area contributed by atoms with Crippen molar-refractivity contribution in [3.05, 3.63) is 63.6 Å². The highest BCUT2D eigenvalue weighted by atomic mass is 16.5. The molecule has 1 aliphatic carbocycles. The van der Waals surface area contributed by atoms with Crippen LogP contribution in [-0.2, 0) is 13.2 Å². The number of fused-ring (bicyclic) bond motifs is 1. The molecule has 0 spiro atoms. The summed E-state index contributed by atoms with van der Waals surface area (Å²) in [5.74, 6) is 0.601. The molecule has 1 saturated carbocycles. The Bertz CT molecular complexity index is 1160. The second kappa shape index (κ2) is 8.34. The molecule has 1 aliphatic rings. The van der Waals surface area contributed by atoms with Crippen LogP contribution in [0.3, 0.4) is 0 Å². The zero-order chi connectivity index (χ0) is 21.3. The number of nitriles is 1. The Morgan fingerprint density at radius 1 is 1.13 bits per heavy atom. The Morgan fingerprint density at radius 3 is 2.57 bits per heavy atom. The van der Waals surface area contributed by atoms with Crippen LogP contribution in [0.4, 0.5) is 0 Å². The zero-order valence-electron chi connectivity index (χ0n) is 16.9. The van der Waals surface area contributed by atoms with Crippen molar-refractivity contribution in [2.24, 2.45) is 0 Å². The smallest absolute Gasteiger partial charge is 0.329 e. The molecule has 156 valence electrons. The van der Waals surface area contributed by atoms with E-state index < -0.39 is 0 Å². The maximum absolute atomic E-state index is 13.5. The summed E-state index contributed by atoms with van der Waals surface area (Å²) in [7, 11) is 1.55. The van der Waals surface area contributed by atoms with Crippen LogP contribution < -0.4 is 10.4 Å². The van der Waals surface area contributed by atoms with Gasteiger partial charge in [-0.3, -0.25) is 9.13 Å². The van der Waals surface area contributed by atoms with E-state index in [1.54, 1.807) is 29.9 Å². The maximum Gasteiger partial charge on any atom is 0.329 e. The molecule has 0 atom stereocenters. The molecule has 1 aromatic heterocycles. The monoisotopic (exact) mass is 407 g/mol. The van der Waals surface area contributed by atoms with Gasteiger partial charge in [-0.05, 0) is 61.6 Å². The van der Waals surface area contributed by atoms with Gasteiger partial charge in [-0.1, -0.05) is 6.07 Å². The van der Waals surface area contributed by atoms with Gasteiger partial charge in [-0.15, -0.1) is 0 Å². The Labute approximate surface area is 174 Å². The number of aromatic nitrogens is 2. The van der Waals surface area contributed by atoms with E-state index in [2.05, 4.69) is 6.07 Å². The average molecular weight is 407 g/mol. The van der Waals surface area contributed by atoms with Gasteiger partial charge in [0.25, 0.3) is 0 Å². The summed E-state index contributed by atoms with van der Waals surface area (Å²) < 4.78 is 8.77. The minimum Gasteiger partial charge on any atom is -0.496 e. The van der Waals surface area contributed by atoms with Gasteiger partial charge in [0.1, 0.15) is 5.75 Å². The molecule has 0 aliphatic heterocycles. The van der Waals surface area contributed by atoms with Crippen molar-refractivity contribution in [1.82, 2.24) is 9.13 Å². The van der Waals surface area contributed by atoms with Crippen molar-refractivity contribution >= 4 is 11.0 Å². The number of nitrogens with zero attached hydrogens (tertiary/aromatic N) is 3. The quantitative estimate of drug-likeness (QED) is 0.677. The molecule has 7 nitrogen and oxygen atoms in total. The molecule has 4 rings (SSSR count). The van der Waals surface area contributed by atoms with E-state index in [1.165, 1.54) is 0 Å². The molecule has 0 radical (unpaired) electrons. The molecular formula is C23H25N3O4. The van der Waals surface area contributed by atoms with Crippen molar-refractivity contribution in [1.29, 1.82) is 5.26 Å². The van der Waals surface area contributed by atoms with Gasteiger partial charge in [-0.2, -0.15) is 5.26 Å². The largest absolute Gasteiger partial charge is 0.496 e. The minimum absolute atomic E-state index is 0.0291. The molecule has 0 amide bonds. The van der Waals surface area contributed by atoms with Crippen LogP contribution >= 0.6 is 0 Å². The van der Waals surface area contributed by atoms with Crippen LogP contribution in [0.25, 0.3) is 11.0 Å². The summed E-state index contributed by atoms with van der Waals surface area (Å²) in [5.41, 5.74) is 3.41. The lowest BCUT2D eigenvalue weighted by molar-refractivity contribution is 0.110. The van der Waals surface area contributed by atoms with Crippen LogP contribution in [0.5, 0.6) is 5.75 Å². The molecular weight excluding hydrogens is 382 g/mol. The third-order valence-electron chi connectivity index (χ3n) is 5.98. The van der Waals surface area contributed by atoms with E-state index >= 15 is 0 Å². The van der Waals surface area contributed by atoms with E-state index in [1.807, 2.05) is 22.8 Å². The first-order valence-electron chi connectivity index (χ1n) is 10.1. The lowest BCUT2D eigenvalue weighted by Gasteiger charge is -2.26. The lowest BCUT2D eigenvalue weighted by atomic mass is 9.93. The van der Waals surface area contributed by atoms with Crippen molar-refractivity contribution < 1.29 is 14.9 Å². The van der Waals surface area contributed by atoms with E-state index in [-0.39, 0.29) is 24.4 Å². The molecule has 2 aromatic carbocycles. The van der Waals surface area contributed by atoms with Gasteiger partial charge in [-0.25, -0.2) is 4.79 Å². The van der Waals surface area contributed by atoms with Crippen LogP contribution in [0.15, 0.2) is 41.2 Å². The number of methoxy groups -OCH3 is 1. The van der Waals surface area contributed by atoms with Crippen LogP contribution in [-0.4, -0.2) is 32.6 Å². The number of hydrogen-bond donors (Lipinski definition) is 2. The fourth-order valence-corrected chi connectivity index (χ4v) is 4.41. The highest BCUT2D eigenvalue weighted by Gasteiger charge is 2.25. The standard InChI is InChI=1S/C23H25N3O4/c1-30-22-9-3-16(10-17(22)14-27)13-25-21-11-15(12-24)2-8-20(21)26(23(25)29)18-4-6-19(28)7-5-18/h2-3,8-11,18-19,27-28H,4-7,13-14H2,1H3. The summed E-state index contributed by atoms with van der Waals surface area (Å²) in [4.78, 5) is 13.5. The van der Waals surface area contributed by atoms with Crippen molar-refractivity contribution in [2.75, 3.05) is 7.11 Å². The second-order valence-corrected chi connectivity index (χ2v) is 7.82. The van der Waals surface area contributed by atoms with Crippen LogP contribution in [0.1, 0.15) is 48.4 Å². The van der Waals surface area contributed by atoms with Crippen LogP contribution in [0.2, 0.25) is 0 Å². The molecule has 1 fully saturated rings. The average Bonchev–Trinajstić information content (AvgIpc) is 3.04. The summed E-state index contributed by atoms with van der Waals surface area (Å²) in [6.45, 7) is 0.167. The van der Waals surface area contributed by atoms with Gasteiger partial charge >= 0.3 is 5.69 Å². The molecule has 2 N–H and O–H groups in total. The third kappa shape index (κ3) is 3.60. The first-order valence-corrected chi connectivity index (χ1v) is 10.1.